The third kappa shape index (κ3) is 3.49. The van der Waals surface area contributed by atoms with Gasteiger partial charge in [0.25, 0.3) is 0 Å². The van der Waals surface area contributed by atoms with Crippen molar-refractivity contribution >= 4 is 0 Å². The van der Waals surface area contributed by atoms with E-state index in [1.54, 1.807) is 19.2 Å². The Kier molecular flexibility index (Phi) is 4.97. The maximum absolute atomic E-state index is 5.20. The molecular weight excluding hydrogens is 262 g/mol. The van der Waals surface area contributed by atoms with E-state index in [4.69, 9.17) is 14.0 Å². The molecule has 0 amide bonds. The van der Waals surface area contributed by atoms with Crippen LogP contribution in [0.3, 0.4) is 0 Å². The first-order chi connectivity index (χ1) is 9.76. The molecule has 0 fully saturated rings. The summed E-state index contributed by atoms with van der Waals surface area (Å²) < 4.78 is 15.2. The average molecular weight is 279 g/mol. The van der Waals surface area contributed by atoms with Crippen LogP contribution in [0.1, 0.15) is 5.89 Å². The molecule has 0 aliphatic rings. The van der Waals surface area contributed by atoms with Crippen molar-refractivity contribution in [2.24, 2.45) is 0 Å². The van der Waals surface area contributed by atoms with Gasteiger partial charge in [-0.1, -0.05) is 5.16 Å². The minimum absolute atomic E-state index is 0.121. The standard InChI is InChI=1S/C12H17N5O3/c1-13-8(7-18-2)6-11-14-12(17-20-11)9-4-5-10(19-3)16-15-9/h4-5,8,13H,6-7H2,1-3H3. The summed E-state index contributed by atoms with van der Waals surface area (Å²) in [6, 6.07) is 3.54. The Morgan fingerprint density at radius 3 is 2.75 bits per heavy atom. The molecule has 8 nitrogen and oxygen atoms in total. The van der Waals surface area contributed by atoms with Gasteiger partial charge in [0, 0.05) is 25.6 Å². The van der Waals surface area contributed by atoms with Crippen LogP contribution in [0.2, 0.25) is 0 Å². The molecule has 0 bridgehead atoms. The van der Waals surface area contributed by atoms with Crippen molar-refractivity contribution in [3.05, 3.63) is 18.0 Å². The van der Waals surface area contributed by atoms with Gasteiger partial charge < -0.3 is 19.3 Å². The van der Waals surface area contributed by atoms with E-state index >= 15 is 0 Å². The van der Waals surface area contributed by atoms with Crippen LogP contribution in [0, 0.1) is 0 Å². The second kappa shape index (κ2) is 6.92. The number of likely N-dealkylation sites (N-methyl/N-ethyl adjacent to an activating group) is 1. The summed E-state index contributed by atoms with van der Waals surface area (Å²) in [5.74, 6) is 1.37. The fourth-order valence-electron chi connectivity index (χ4n) is 1.65. The highest BCUT2D eigenvalue weighted by Crippen LogP contribution is 2.14. The largest absolute Gasteiger partial charge is 0.480 e. The van der Waals surface area contributed by atoms with Crippen molar-refractivity contribution in [1.82, 2.24) is 25.7 Å². The predicted molar refractivity (Wildman–Crippen MR) is 70.3 cm³/mol. The van der Waals surface area contributed by atoms with Crippen LogP contribution >= 0.6 is 0 Å². The average Bonchev–Trinajstić information content (AvgIpc) is 2.95. The molecule has 0 saturated carbocycles. The van der Waals surface area contributed by atoms with E-state index in [9.17, 15) is 0 Å². The van der Waals surface area contributed by atoms with Gasteiger partial charge in [-0.15, -0.1) is 10.2 Å². The Labute approximate surface area is 116 Å². The van der Waals surface area contributed by atoms with Crippen molar-refractivity contribution in [3.8, 4) is 17.4 Å². The highest BCUT2D eigenvalue weighted by Gasteiger charge is 2.15. The van der Waals surface area contributed by atoms with Crippen LogP contribution in [0.5, 0.6) is 5.88 Å². The zero-order chi connectivity index (χ0) is 14.4. The monoisotopic (exact) mass is 279 g/mol. The second-order valence-electron chi connectivity index (χ2n) is 4.12. The van der Waals surface area contributed by atoms with Gasteiger partial charge in [-0.3, -0.25) is 0 Å². The Hall–Kier alpha value is -2.06. The van der Waals surface area contributed by atoms with E-state index in [2.05, 4.69) is 25.7 Å². The number of methoxy groups -OCH3 is 2. The smallest absolute Gasteiger partial charge is 0.233 e. The number of hydrogen-bond donors (Lipinski definition) is 1. The van der Waals surface area contributed by atoms with E-state index in [1.807, 2.05) is 7.05 Å². The molecule has 0 aliphatic heterocycles. The van der Waals surface area contributed by atoms with E-state index in [-0.39, 0.29) is 6.04 Å². The van der Waals surface area contributed by atoms with E-state index < -0.39 is 0 Å². The first-order valence-electron chi connectivity index (χ1n) is 6.13. The number of nitrogens with one attached hydrogen (secondary N) is 1. The van der Waals surface area contributed by atoms with Gasteiger partial charge >= 0.3 is 0 Å². The van der Waals surface area contributed by atoms with E-state index in [1.165, 1.54) is 7.11 Å². The van der Waals surface area contributed by atoms with Crippen LogP contribution in [-0.4, -0.2) is 54.3 Å². The lowest BCUT2D eigenvalue weighted by molar-refractivity contribution is 0.165. The molecular formula is C12H17N5O3. The first kappa shape index (κ1) is 14.4. The van der Waals surface area contributed by atoms with Crippen molar-refractivity contribution in [2.45, 2.75) is 12.5 Å². The zero-order valence-electron chi connectivity index (χ0n) is 11.7. The molecule has 1 unspecified atom stereocenters. The quantitative estimate of drug-likeness (QED) is 0.773. The van der Waals surface area contributed by atoms with Crippen LogP contribution < -0.4 is 10.1 Å². The maximum atomic E-state index is 5.20. The molecule has 2 aromatic heterocycles. The van der Waals surface area contributed by atoms with Gasteiger partial charge in [-0.25, -0.2) is 0 Å². The predicted octanol–water partition coefficient (Wildman–Crippen LogP) is 0.312. The van der Waals surface area contributed by atoms with Crippen LogP contribution in [0.4, 0.5) is 0 Å². The number of ether oxygens (including phenoxy) is 2. The topological polar surface area (TPSA) is 95.2 Å². The molecule has 0 radical (unpaired) electrons. The van der Waals surface area contributed by atoms with Crippen molar-refractivity contribution < 1.29 is 14.0 Å². The Morgan fingerprint density at radius 1 is 1.30 bits per heavy atom. The molecule has 2 rings (SSSR count). The Morgan fingerprint density at radius 2 is 2.15 bits per heavy atom. The third-order valence-corrected chi connectivity index (χ3v) is 2.74. The molecule has 0 spiro atoms. The van der Waals surface area contributed by atoms with Gasteiger partial charge in [0.2, 0.25) is 17.6 Å². The summed E-state index contributed by atoms with van der Waals surface area (Å²) in [7, 11) is 5.04. The molecule has 20 heavy (non-hydrogen) atoms. The molecule has 0 saturated heterocycles. The summed E-state index contributed by atoms with van der Waals surface area (Å²) >= 11 is 0. The second-order valence-corrected chi connectivity index (χ2v) is 4.12. The lowest BCUT2D eigenvalue weighted by atomic mass is 10.2. The number of nitrogens with zero attached hydrogens (tertiary/aromatic N) is 4. The van der Waals surface area contributed by atoms with Gasteiger partial charge in [0.1, 0.15) is 5.69 Å². The molecule has 108 valence electrons. The number of aromatic nitrogens is 4. The van der Waals surface area contributed by atoms with Gasteiger partial charge in [-0.2, -0.15) is 4.98 Å². The first-order valence-corrected chi connectivity index (χ1v) is 6.13. The molecule has 1 atom stereocenters. The summed E-state index contributed by atoms with van der Waals surface area (Å²) in [5, 5.41) is 14.8. The molecule has 2 aromatic rings. The Balaban J connectivity index is 2.07. The summed E-state index contributed by atoms with van der Waals surface area (Å²) in [6.07, 6.45) is 0.584. The lowest BCUT2D eigenvalue weighted by Crippen LogP contribution is -2.32. The van der Waals surface area contributed by atoms with Crippen LogP contribution in [0.25, 0.3) is 11.5 Å². The van der Waals surface area contributed by atoms with E-state index in [0.29, 0.717) is 36.3 Å². The minimum atomic E-state index is 0.121. The normalized spacial score (nSPS) is 12.3. The van der Waals surface area contributed by atoms with Crippen LogP contribution in [0.15, 0.2) is 16.7 Å². The van der Waals surface area contributed by atoms with Gasteiger partial charge in [0.15, 0.2) is 0 Å². The SMILES string of the molecule is CNC(COC)Cc1nc(-c2ccc(OC)nn2)no1. The van der Waals surface area contributed by atoms with Crippen molar-refractivity contribution in [3.63, 3.8) is 0 Å². The molecule has 2 heterocycles. The van der Waals surface area contributed by atoms with Crippen molar-refractivity contribution in [1.29, 1.82) is 0 Å². The maximum Gasteiger partial charge on any atom is 0.233 e. The highest BCUT2D eigenvalue weighted by atomic mass is 16.5. The summed E-state index contributed by atoms with van der Waals surface area (Å²) in [4.78, 5) is 4.29. The molecule has 0 aliphatic carbocycles. The lowest BCUT2D eigenvalue weighted by Gasteiger charge is -2.11. The van der Waals surface area contributed by atoms with Gasteiger partial charge in [0.05, 0.1) is 13.7 Å². The zero-order valence-corrected chi connectivity index (χ0v) is 11.7. The number of rotatable bonds is 7. The molecule has 1 N–H and O–H groups in total. The van der Waals surface area contributed by atoms with Crippen LogP contribution in [-0.2, 0) is 11.2 Å². The Bertz CT molecular complexity index is 528. The van der Waals surface area contributed by atoms with Gasteiger partial charge in [-0.05, 0) is 13.1 Å². The molecule has 8 heteroatoms. The fourth-order valence-corrected chi connectivity index (χ4v) is 1.65. The fraction of sp³-hybridized carbons (Fsp3) is 0.500. The summed E-state index contributed by atoms with van der Waals surface area (Å²) in [5.41, 5.74) is 0.536. The minimum Gasteiger partial charge on any atom is -0.480 e. The third-order valence-electron chi connectivity index (χ3n) is 2.74. The highest BCUT2D eigenvalue weighted by molar-refractivity contribution is 5.47. The molecule has 0 aromatic carbocycles. The van der Waals surface area contributed by atoms with E-state index in [0.717, 1.165) is 0 Å². The van der Waals surface area contributed by atoms with Crippen molar-refractivity contribution in [2.75, 3.05) is 27.9 Å². The summed E-state index contributed by atoms with van der Waals surface area (Å²) in [6.45, 7) is 0.566. The number of hydrogen-bond acceptors (Lipinski definition) is 8.